The van der Waals surface area contributed by atoms with E-state index in [4.69, 9.17) is 0 Å². The molecule has 2 rings (SSSR count). The molecule has 1 aliphatic rings. The van der Waals surface area contributed by atoms with E-state index in [1.54, 1.807) is 0 Å². The highest BCUT2D eigenvalue weighted by molar-refractivity contribution is 5.78. The average molecular weight is 309 g/mol. The Morgan fingerprint density at radius 2 is 1.96 bits per heavy atom. The first kappa shape index (κ1) is 17.8. The molecule has 0 bridgehead atoms. The quantitative estimate of drug-likeness (QED) is 0.498. The molecule has 1 aliphatic carbocycles. The third-order valence-corrected chi connectivity index (χ3v) is 5.45. The molecular weight excluding hydrogens is 276 g/mol. The van der Waals surface area contributed by atoms with Gasteiger partial charge in [0.15, 0.2) is 0 Å². The van der Waals surface area contributed by atoms with E-state index in [9.17, 15) is 0 Å². The maximum Gasteiger partial charge on any atom is 0.00495 e. The summed E-state index contributed by atoms with van der Waals surface area (Å²) >= 11 is 0. The second kappa shape index (κ2) is 6.91. The van der Waals surface area contributed by atoms with Gasteiger partial charge in [0.05, 0.1) is 0 Å². The van der Waals surface area contributed by atoms with Gasteiger partial charge in [0.1, 0.15) is 0 Å². The van der Waals surface area contributed by atoms with E-state index in [0.29, 0.717) is 11.8 Å². The molecule has 0 aliphatic heterocycles. The number of aryl methyl sites for hydroxylation is 1. The van der Waals surface area contributed by atoms with Gasteiger partial charge >= 0.3 is 0 Å². The summed E-state index contributed by atoms with van der Waals surface area (Å²) in [4.78, 5) is 0. The number of allylic oxidation sites excluding steroid dienone is 5. The van der Waals surface area contributed by atoms with Gasteiger partial charge in [0, 0.05) is 5.92 Å². The topological polar surface area (TPSA) is 0 Å². The van der Waals surface area contributed by atoms with Crippen molar-refractivity contribution < 1.29 is 0 Å². The van der Waals surface area contributed by atoms with Crippen LogP contribution in [0.4, 0.5) is 0 Å². The van der Waals surface area contributed by atoms with Crippen molar-refractivity contribution in [2.24, 2.45) is 17.3 Å². The van der Waals surface area contributed by atoms with E-state index in [0.717, 1.165) is 0 Å². The Kier molecular flexibility index (Phi) is 5.34. The van der Waals surface area contributed by atoms with Crippen LogP contribution in [0.15, 0.2) is 54.1 Å². The zero-order valence-corrected chi connectivity index (χ0v) is 15.7. The number of benzene rings is 1. The van der Waals surface area contributed by atoms with Gasteiger partial charge in [-0.3, -0.25) is 0 Å². The van der Waals surface area contributed by atoms with Gasteiger partial charge in [0.2, 0.25) is 0 Å². The van der Waals surface area contributed by atoms with Crippen molar-refractivity contribution in [3.05, 3.63) is 65.3 Å². The van der Waals surface area contributed by atoms with E-state index in [1.807, 2.05) is 0 Å². The highest BCUT2D eigenvalue weighted by Crippen LogP contribution is 2.43. The SMILES string of the molecule is C=C(C(C)C1C=C(c2cccc(C)c2)C=C1C)C(C)(C)CCC. The third kappa shape index (κ3) is 3.86. The van der Waals surface area contributed by atoms with Crippen molar-refractivity contribution in [3.63, 3.8) is 0 Å². The summed E-state index contributed by atoms with van der Waals surface area (Å²) in [7, 11) is 0. The maximum absolute atomic E-state index is 4.48. The van der Waals surface area contributed by atoms with E-state index in [1.165, 1.54) is 40.7 Å². The van der Waals surface area contributed by atoms with E-state index >= 15 is 0 Å². The first-order valence-electron chi connectivity index (χ1n) is 8.92. The standard InChI is InChI=1S/C23H32/c1-8-12-23(6,7)19(5)18(4)22-15-21(14-17(22)3)20-11-9-10-16(2)13-20/h9-11,13-15,18,22H,5,8,12H2,1-4,6-7H3. The first-order valence-corrected chi connectivity index (χ1v) is 8.92. The Hall–Kier alpha value is -1.56. The largest absolute Gasteiger partial charge is 0.0990 e. The molecule has 0 saturated heterocycles. The third-order valence-electron chi connectivity index (χ3n) is 5.45. The lowest BCUT2D eigenvalue weighted by Crippen LogP contribution is -2.23. The smallest absolute Gasteiger partial charge is 0.00495 e. The molecule has 1 aromatic carbocycles. The molecule has 0 N–H and O–H groups in total. The summed E-state index contributed by atoms with van der Waals surface area (Å²) in [6.45, 7) is 18.2. The Bertz CT molecular complexity index is 640. The zero-order chi connectivity index (χ0) is 17.2. The summed E-state index contributed by atoms with van der Waals surface area (Å²) in [6, 6.07) is 8.80. The fourth-order valence-corrected chi connectivity index (χ4v) is 3.88. The minimum absolute atomic E-state index is 0.217. The van der Waals surface area contributed by atoms with Gasteiger partial charge in [-0.25, -0.2) is 0 Å². The molecule has 0 fully saturated rings. The second-order valence-corrected chi connectivity index (χ2v) is 7.85. The van der Waals surface area contributed by atoms with E-state index in [2.05, 4.69) is 84.5 Å². The monoisotopic (exact) mass is 308 g/mol. The van der Waals surface area contributed by atoms with Crippen molar-refractivity contribution in [2.45, 2.75) is 54.4 Å². The minimum Gasteiger partial charge on any atom is -0.0990 e. The Morgan fingerprint density at radius 3 is 2.57 bits per heavy atom. The molecule has 124 valence electrons. The van der Waals surface area contributed by atoms with Crippen LogP contribution in [0.25, 0.3) is 5.57 Å². The molecule has 0 heteroatoms. The predicted molar refractivity (Wildman–Crippen MR) is 103 cm³/mol. The molecule has 1 aromatic rings. The first-order chi connectivity index (χ1) is 10.8. The summed E-state index contributed by atoms with van der Waals surface area (Å²) in [6.07, 6.45) is 7.22. The summed E-state index contributed by atoms with van der Waals surface area (Å²) in [5.74, 6) is 0.962. The van der Waals surface area contributed by atoms with Gasteiger partial charge in [-0.05, 0) is 42.7 Å². The normalized spacial score (nSPS) is 19.3. The molecule has 2 atom stereocenters. The Labute approximate surface area is 143 Å². The van der Waals surface area contributed by atoms with Crippen LogP contribution in [-0.2, 0) is 0 Å². The number of hydrogen-bond donors (Lipinski definition) is 0. The maximum atomic E-state index is 4.48. The van der Waals surface area contributed by atoms with Gasteiger partial charge in [-0.2, -0.15) is 0 Å². The zero-order valence-electron chi connectivity index (χ0n) is 15.7. The predicted octanol–water partition coefficient (Wildman–Crippen LogP) is 6.97. The summed E-state index contributed by atoms with van der Waals surface area (Å²) in [5, 5.41) is 0. The van der Waals surface area contributed by atoms with Gasteiger partial charge < -0.3 is 0 Å². The summed E-state index contributed by atoms with van der Waals surface area (Å²) in [5.41, 5.74) is 7.08. The molecule has 0 heterocycles. The van der Waals surface area contributed by atoms with Crippen LogP contribution < -0.4 is 0 Å². The molecule has 23 heavy (non-hydrogen) atoms. The Balaban J connectivity index is 2.24. The van der Waals surface area contributed by atoms with Crippen molar-refractivity contribution in [3.8, 4) is 0 Å². The lowest BCUT2D eigenvalue weighted by atomic mass is 9.71. The highest BCUT2D eigenvalue weighted by atomic mass is 14.4. The average Bonchev–Trinajstić information content (AvgIpc) is 2.87. The lowest BCUT2D eigenvalue weighted by molar-refractivity contribution is 0.345. The van der Waals surface area contributed by atoms with Crippen molar-refractivity contribution in [1.82, 2.24) is 0 Å². The van der Waals surface area contributed by atoms with Gasteiger partial charge in [-0.1, -0.05) is 93.8 Å². The van der Waals surface area contributed by atoms with Crippen molar-refractivity contribution >= 4 is 5.57 Å². The van der Waals surface area contributed by atoms with Crippen LogP contribution in [0.3, 0.4) is 0 Å². The van der Waals surface area contributed by atoms with E-state index in [-0.39, 0.29) is 5.41 Å². The van der Waals surface area contributed by atoms with Crippen LogP contribution >= 0.6 is 0 Å². The highest BCUT2D eigenvalue weighted by Gasteiger charge is 2.31. The van der Waals surface area contributed by atoms with Gasteiger partial charge in [-0.15, -0.1) is 0 Å². The van der Waals surface area contributed by atoms with Crippen LogP contribution in [0.5, 0.6) is 0 Å². The van der Waals surface area contributed by atoms with Crippen molar-refractivity contribution in [1.29, 1.82) is 0 Å². The van der Waals surface area contributed by atoms with Gasteiger partial charge in [0.25, 0.3) is 0 Å². The number of hydrogen-bond acceptors (Lipinski definition) is 0. The molecule has 0 spiro atoms. The Morgan fingerprint density at radius 1 is 1.26 bits per heavy atom. The minimum atomic E-state index is 0.217. The molecular formula is C23H32. The molecule has 0 amide bonds. The van der Waals surface area contributed by atoms with E-state index < -0.39 is 0 Å². The fourth-order valence-electron chi connectivity index (χ4n) is 3.88. The van der Waals surface area contributed by atoms with Crippen LogP contribution in [0, 0.1) is 24.2 Å². The van der Waals surface area contributed by atoms with Crippen LogP contribution in [0.2, 0.25) is 0 Å². The lowest BCUT2D eigenvalue weighted by Gasteiger charge is -2.34. The fraction of sp³-hybridized carbons (Fsp3) is 0.478. The summed E-state index contributed by atoms with van der Waals surface area (Å²) < 4.78 is 0. The molecule has 0 saturated carbocycles. The van der Waals surface area contributed by atoms with Crippen molar-refractivity contribution in [2.75, 3.05) is 0 Å². The number of rotatable bonds is 6. The van der Waals surface area contributed by atoms with Crippen LogP contribution in [-0.4, -0.2) is 0 Å². The molecule has 0 nitrogen and oxygen atoms in total. The molecule has 0 aromatic heterocycles. The molecule has 0 radical (unpaired) electrons. The van der Waals surface area contributed by atoms with Crippen LogP contribution in [0.1, 0.15) is 58.6 Å². The second-order valence-electron chi connectivity index (χ2n) is 7.85. The molecule has 2 unspecified atom stereocenters.